The van der Waals surface area contributed by atoms with Crippen molar-refractivity contribution in [2.45, 2.75) is 30.8 Å². The molecule has 0 spiro atoms. The maximum absolute atomic E-state index is 11.9. The van der Waals surface area contributed by atoms with E-state index in [1.807, 2.05) is 0 Å². The molecule has 0 aliphatic carbocycles. The Kier molecular flexibility index (Phi) is 4.18. The number of amides is 1. The monoisotopic (exact) mass is 325 g/mol. The molecule has 22 heavy (non-hydrogen) atoms. The minimum atomic E-state index is -3.67. The third-order valence-corrected chi connectivity index (χ3v) is 4.49. The van der Waals surface area contributed by atoms with Crippen LogP contribution in [-0.2, 0) is 19.6 Å². The Hall–Kier alpha value is -2.42. The number of nitrogens with one attached hydrogen (secondary N) is 2. The van der Waals surface area contributed by atoms with Gasteiger partial charge in [0.1, 0.15) is 17.9 Å². The Morgan fingerprint density at radius 1 is 1.27 bits per heavy atom. The van der Waals surface area contributed by atoms with Crippen LogP contribution in [0.5, 0.6) is 0 Å². The Morgan fingerprint density at radius 2 is 1.91 bits per heavy atom. The predicted molar refractivity (Wildman–Crippen MR) is 78.0 cm³/mol. The highest BCUT2D eigenvalue weighted by Gasteiger charge is 2.31. The van der Waals surface area contributed by atoms with Crippen molar-refractivity contribution in [3.63, 3.8) is 0 Å². The third kappa shape index (κ3) is 3.08. The van der Waals surface area contributed by atoms with Gasteiger partial charge in [0.2, 0.25) is 5.91 Å². The zero-order valence-corrected chi connectivity index (χ0v) is 12.7. The average Bonchev–Trinajstić information content (AvgIpc) is 2.70. The van der Waals surface area contributed by atoms with Crippen molar-refractivity contribution in [1.29, 1.82) is 0 Å². The van der Waals surface area contributed by atoms with E-state index in [0.29, 0.717) is 5.56 Å². The molecule has 1 amide bonds. The largest absolute Gasteiger partial charge is 0.480 e. The van der Waals surface area contributed by atoms with E-state index < -0.39 is 34.0 Å². The fourth-order valence-electron chi connectivity index (χ4n) is 1.88. The van der Waals surface area contributed by atoms with Gasteiger partial charge in [0, 0.05) is 5.56 Å². The van der Waals surface area contributed by atoms with E-state index in [0.717, 1.165) is 0 Å². The predicted octanol–water partition coefficient (Wildman–Crippen LogP) is -0.297. The average molecular weight is 325 g/mol. The number of benzene rings is 1. The molecule has 1 aliphatic heterocycles. The Bertz CT molecular complexity index is 757. The molecule has 3 N–H and O–H groups in total. The molecule has 1 heterocycles. The van der Waals surface area contributed by atoms with Gasteiger partial charge in [0.15, 0.2) is 0 Å². The lowest BCUT2D eigenvalue weighted by Crippen LogP contribution is -2.43. The lowest BCUT2D eigenvalue weighted by atomic mass is 10.2. The Labute approximate surface area is 127 Å². The van der Waals surface area contributed by atoms with Crippen molar-refractivity contribution in [3.05, 3.63) is 29.8 Å². The third-order valence-electron chi connectivity index (χ3n) is 3.09. The van der Waals surface area contributed by atoms with E-state index >= 15 is 0 Å². The number of fused-ring (bicyclic) bond motifs is 1. The van der Waals surface area contributed by atoms with E-state index in [1.165, 1.54) is 19.9 Å². The van der Waals surface area contributed by atoms with Gasteiger partial charge in [-0.3, -0.25) is 19.3 Å². The summed E-state index contributed by atoms with van der Waals surface area (Å²) in [5.41, 5.74) is 0.383. The van der Waals surface area contributed by atoms with Crippen LogP contribution in [0.3, 0.4) is 0 Å². The van der Waals surface area contributed by atoms with Gasteiger partial charge in [-0.05, 0) is 26.0 Å². The first-order valence-electron chi connectivity index (χ1n) is 6.45. The van der Waals surface area contributed by atoms with Crippen LogP contribution in [0.2, 0.25) is 0 Å². The summed E-state index contributed by atoms with van der Waals surface area (Å²) >= 11 is 0. The van der Waals surface area contributed by atoms with Crippen molar-refractivity contribution >= 4 is 27.7 Å². The number of hydrogen-bond donors (Lipinski definition) is 3. The normalized spacial score (nSPS) is 19.8. The zero-order chi connectivity index (χ0) is 16.5. The number of hydrogen-bond acceptors (Lipinski definition) is 5. The lowest BCUT2D eigenvalue weighted by molar-refractivity contribution is -0.141. The van der Waals surface area contributed by atoms with Crippen LogP contribution < -0.4 is 10.0 Å². The fraction of sp³-hybridized carbons (Fsp3) is 0.308. The number of carbonyl (C=O) groups excluding carboxylic acids is 1. The Morgan fingerprint density at radius 3 is 2.55 bits per heavy atom. The molecule has 2 rings (SSSR count). The van der Waals surface area contributed by atoms with Gasteiger partial charge >= 0.3 is 5.97 Å². The standard InChI is InChI=1S/C13H15N3O5S/c1-7(12(17)15-8(2)13(18)19)14-11-9-5-3-4-6-10(9)22(20,21)16-11/h3-8H,1-2H3,(H,14,16)(H,15,17)(H,18,19)/t7?,8-/m0/s1. The highest BCUT2D eigenvalue weighted by molar-refractivity contribution is 7.90. The van der Waals surface area contributed by atoms with Gasteiger partial charge in [0.25, 0.3) is 10.0 Å². The summed E-state index contributed by atoms with van der Waals surface area (Å²) in [6.07, 6.45) is 0. The van der Waals surface area contributed by atoms with E-state index in [4.69, 9.17) is 5.11 Å². The second kappa shape index (κ2) is 5.76. The number of aliphatic carboxylic acids is 1. The maximum Gasteiger partial charge on any atom is 0.325 e. The summed E-state index contributed by atoms with van der Waals surface area (Å²) in [6.45, 7) is 2.78. The zero-order valence-electron chi connectivity index (χ0n) is 11.9. The van der Waals surface area contributed by atoms with Gasteiger partial charge in [-0.25, -0.2) is 8.42 Å². The van der Waals surface area contributed by atoms with Gasteiger partial charge in [0.05, 0.1) is 4.90 Å². The first-order valence-corrected chi connectivity index (χ1v) is 7.94. The maximum atomic E-state index is 11.9. The number of carboxylic acid groups (broad SMARTS) is 1. The lowest BCUT2D eigenvalue weighted by Gasteiger charge is -2.12. The summed E-state index contributed by atoms with van der Waals surface area (Å²) in [6, 6.07) is 4.28. The SMILES string of the molecule is CC(N=C1NS(=O)(=O)c2ccccc21)C(=O)N[C@@H](C)C(=O)O. The van der Waals surface area contributed by atoms with Crippen molar-refractivity contribution < 1.29 is 23.1 Å². The highest BCUT2D eigenvalue weighted by atomic mass is 32.2. The second-order valence-electron chi connectivity index (χ2n) is 4.82. The fourth-order valence-corrected chi connectivity index (χ4v) is 3.12. The van der Waals surface area contributed by atoms with Crippen LogP contribution in [0.15, 0.2) is 34.2 Å². The molecule has 0 saturated carbocycles. The molecular formula is C13H15N3O5S. The molecule has 1 aromatic carbocycles. The van der Waals surface area contributed by atoms with Gasteiger partial charge < -0.3 is 10.4 Å². The van der Waals surface area contributed by atoms with Crippen LogP contribution in [0.25, 0.3) is 0 Å². The summed E-state index contributed by atoms with van der Waals surface area (Å²) in [4.78, 5) is 26.7. The van der Waals surface area contributed by atoms with Crippen LogP contribution in [0.1, 0.15) is 19.4 Å². The van der Waals surface area contributed by atoms with Crippen LogP contribution in [-0.4, -0.2) is 43.3 Å². The number of nitrogens with zero attached hydrogens (tertiary/aromatic N) is 1. The van der Waals surface area contributed by atoms with E-state index in [9.17, 15) is 18.0 Å². The van der Waals surface area contributed by atoms with Crippen LogP contribution in [0.4, 0.5) is 0 Å². The summed E-state index contributed by atoms with van der Waals surface area (Å²) in [7, 11) is -3.67. The molecule has 9 heteroatoms. The van der Waals surface area contributed by atoms with E-state index in [-0.39, 0.29) is 10.7 Å². The first kappa shape index (κ1) is 16.0. The molecule has 0 bridgehead atoms. The van der Waals surface area contributed by atoms with Crippen LogP contribution in [0, 0.1) is 0 Å². The van der Waals surface area contributed by atoms with Crippen molar-refractivity contribution in [2.75, 3.05) is 0 Å². The molecule has 0 aromatic heterocycles. The van der Waals surface area contributed by atoms with Crippen molar-refractivity contribution in [2.24, 2.45) is 4.99 Å². The molecule has 2 atom stereocenters. The molecule has 118 valence electrons. The number of amidine groups is 1. The molecule has 8 nitrogen and oxygen atoms in total. The molecular weight excluding hydrogens is 310 g/mol. The minimum Gasteiger partial charge on any atom is -0.480 e. The topological polar surface area (TPSA) is 125 Å². The summed E-state index contributed by atoms with van der Waals surface area (Å²) in [5.74, 6) is -1.70. The van der Waals surface area contributed by atoms with Crippen molar-refractivity contribution in [1.82, 2.24) is 10.0 Å². The number of carbonyl (C=O) groups is 2. The van der Waals surface area contributed by atoms with Gasteiger partial charge in [-0.1, -0.05) is 12.1 Å². The quantitative estimate of drug-likeness (QED) is 0.701. The van der Waals surface area contributed by atoms with Gasteiger partial charge in [-0.2, -0.15) is 0 Å². The van der Waals surface area contributed by atoms with Gasteiger partial charge in [-0.15, -0.1) is 0 Å². The minimum absolute atomic E-state index is 0.0706. The summed E-state index contributed by atoms with van der Waals surface area (Å²) < 4.78 is 26.1. The molecule has 1 aliphatic rings. The van der Waals surface area contributed by atoms with Crippen molar-refractivity contribution in [3.8, 4) is 0 Å². The molecule has 1 aromatic rings. The second-order valence-corrected chi connectivity index (χ2v) is 6.47. The molecule has 0 radical (unpaired) electrons. The smallest absolute Gasteiger partial charge is 0.325 e. The summed E-state index contributed by atoms with van der Waals surface area (Å²) in [5, 5.41) is 11.0. The number of rotatable bonds is 4. The highest BCUT2D eigenvalue weighted by Crippen LogP contribution is 2.22. The molecule has 1 unspecified atom stereocenters. The van der Waals surface area contributed by atoms with Crippen LogP contribution >= 0.6 is 0 Å². The number of aliphatic imine (C=N–C) groups is 1. The molecule has 0 saturated heterocycles. The number of sulfonamides is 1. The molecule has 0 fully saturated rings. The van der Waals surface area contributed by atoms with E-state index in [2.05, 4.69) is 15.0 Å². The number of carboxylic acids is 1. The van der Waals surface area contributed by atoms with E-state index in [1.54, 1.807) is 18.2 Å². The first-order chi connectivity index (χ1) is 10.2. The Balaban J connectivity index is 2.24.